The van der Waals surface area contributed by atoms with E-state index in [1.807, 2.05) is 18.2 Å². The molecule has 1 aromatic carbocycles. The van der Waals surface area contributed by atoms with Crippen molar-refractivity contribution in [3.05, 3.63) is 42.0 Å². The van der Waals surface area contributed by atoms with E-state index < -0.39 is 0 Å². The molecule has 3 saturated carbocycles. The van der Waals surface area contributed by atoms with E-state index in [2.05, 4.69) is 12.6 Å². The first-order valence-electron chi connectivity index (χ1n) is 9.13. The van der Waals surface area contributed by atoms with Gasteiger partial charge in [-0.2, -0.15) is 0 Å². The third-order valence-electron chi connectivity index (χ3n) is 7.43. The van der Waals surface area contributed by atoms with Crippen LogP contribution in [0.15, 0.2) is 30.9 Å². The van der Waals surface area contributed by atoms with Gasteiger partial charge in [-0.1, -0.05) is 12.1 Å². The highest BCUT2D eigenvalue weighted by Gasteiger charge is 2.70. The molecule has 1 N–H and O–H groups in total. The molecule has 0 saturated heterocycles. The Morgan fingerprint density at radius 2 is 2.13 bits per heavy atom. The van der Waals surface area contributed by atoms with Gasteiger partial charge in [0.1, 0.15) is 11.5 Å². The molecule has 0 heterocycles. The molecule has 1 aromatic rings. The summed E-state index contributed by atoms with van der Waals surface area (Å²) < 4.78 is 0. The van der Waals surface area contributed by atoms with Crippen molar-refractivity contribution >= 4 is 5.78 Å². The minimum Gasteiger partial charge on any atom is -0.508 e. The number of aryl methyl sites for hydroxylation is 1. The molecule has 23 heavy (non-hydrogen) atoms. The van der Waals surface area contributed by atoms with Gasteiger partial charge in [-0.05, 0) is 85.5 Å². The summed E-state index contributed by atoms with van der Waals surface area (Å²) in [5.41, 5.74) is 2.70. The van der Waals surface area contributed by atoms with Gasteiger partial charge in [-0.15, -0.1) is 6.58 Å². The fourth-order valence-electron chi connectivity index (χ4n) is 6.61. The minimum absolute atomic E-state index is 0.0784. The molecule has 4 aliphatic rings. The first-order chi connectivity index (χ1) is 11.2. The zero-order valence-electron chi connectivity index (χ0n) is 13.5. The Morgan fingerprint density at radius 1 is 1.26 bits per heavy atom. The molecule has 0 amide bonds. The highest BCUT2D eigenvalue weighted by molar-refractivity contribution is 5.93. The summed E-state index contributed by atoms with van der Waals surface area (Å²) in [4.78, 5) is 13.0. The predicted octanol–water partition coefficient (Wildman–Crippen LogP) is 4.23. The molecule has 2 nitrogen and oxygen atoms in total. The maximum atomic E-state index is 13.0. The Balaban J connectivity index is 1.57. The van der Waals surface area contributed by atoms with Crippen LogP contribution in [0.25, 0.3) is 0 Å². The topological polar surface area (TPSA) is 37.3 Å². The van der Waals surface area contributed by atoms with Gasteiger partial charge >= 0.3 is 0 Å². The van der Waals surface area contributed by atoms with Crippen molar-refractivity contribution in [2.75, 3.05) is 0 Å². The van der Waals surface area contributed by atoms with E-state index in [4.69, 9.17) is 0 Å². The number of carbonyl (C=O) groups excluding carboxylic acids is 1. The van der Waals surface area contributed by atoms with Gasteiger partial charge in [0, 0.05) is 11.3 Å². The molecular formula is C21H24O2. The van der Waals surface area contributed by atoms with Crippen molar-refractivity contribution in [2.24, 2.45) is 29.1 Å². The Kier molecular flexibility index (Phi) is 2.70. The Bertz CT molecular complexity index is 706. The number of fused-ring (bicyclic) bond motifs is 7. The molecule has 0 radical (unpaired) electrons. The molecule has 3 fully saturated rings. The number of hydrogen-bond acceptors (Lipinski definition) is 2. The molecular weight excluding hydrogens is 284 g/mol. The molecule has 5 rings (SSSR count). The van der Waals surface area contributed by atoms with E-state index in [-0.39, 0.29) is 5.41 Å². The standard InChI is InChI=1S/C21H24O2/c1-2-8-21-9-7-15-14-6-4-13(22)10-12(14)3-5-16(15)19(21)17-11-18(17)20(21)23/h2,4,6,10,15-19,22H,1,3,5,7-9,11H2/t15?,16?,17-,18+,19?,21+/m1/s1. The van der Waals surface area contributed by atoms with Crippen LogP contribution in [-0.2, 0) is 11.2 Å². The highest BCUT2D eigenvalue weighted by atomic mass is 16.3. The maximum absolute atomic E-state index is 13.0. The van der Waals surface area contributed by atoms with Crippen molar-refractivity contribution in [3.8, 4) is 5.75 Å². The Labute approximate surface area is 137 Å². The third-order valence-corrected chi connectivity index (χ3v) is 7.43. The van der Waals surface area contributed by atoms with Gasteiger partial charge in [0.25, 0.3) is 0 Å². The second-order valence-electron chi connectivity index (χ2n) is 8.28. The lowest BCUT2D eigenvalue weighted by molar-refractivity contribution is -0.133. The van der Waals surface area contributed by atoms with E-state index in [0.717, 1.165) is 32.1 Å². The predicted molar refractivity (Wildman–Crippen MR) is 89.2 cm³/mol. The van der Waals surface area contributed by atoms with Gasteiger partial charge < -0.3 is 5.11 Å². The summed E-state index contributed by atoms with van der Waals surface area (Å²) in [6, 6.07) is 5.94. The number of benzene rings is 1. The van der Waals surface area contributed by atoms with Crippen LogP contribution in [0, 0.1) is 29.1 Å². The highest BCUT2D eigenvalue weighted by Crippen LogP contribution is 2.71. The fraction of sp³-hybridized carbons (Fsp3) is 0.571. The summed E-state index contributed by atoms with van der Waals surface area (Å²) in [6.45, 7) is 3.95. The molecule has 0 bridgehead atoms. The maximum Gasteiger partial charge on any atom is 0.143 e. The first kappa shape index (κ1) is 13.8. The molecule has 3 unspecified atom stereocenters. The summed E-state index contributed by atoms with van der Waals surface area (Å²) in [5.74, 6) is 3.82. The van der Waals surface area contributed by atoms with Crippen LogP contribution < -0.4 is 0 Å². The van der Waals surface area contributed by atoms with Gasteiger partial charge in [-0.25, -0.2) is 0 Å². The zero-order chi connectivity index (χ0) is 15.8. The lowest BCUT2D eigenvalue weighted by atomic mass is 9.52. The number of carbonyl (C=O) groups is 1. The summed E-state index contributed by atoms with van der Waals surface area (Å²) >= 11 is 0. The lowest BCUT2D eigenvalue weighted by Gasteiger charge is -2.50. The number of rotatable bonds is 2. The van der Waals surface area contributed by atoms with Crippen molar-refractivity contribution in [3.63, 3.8) is 0 Å². The molecule has 120 valence electrons. The number of aromatic hydroxyl groups is 1. The molecule has 0 aromatic heterocycles. The van der Waals surface area contributed by atoms with E-state index in [1.165, 1.54) is 17.5 Å². The molecule has 6 atom stereocenters. The second-order valence-corrected chi connectivity index (χ2v) is 8.28. The van der Waals surface area contributed by atoms with Crippen molar-refractivity contribution < 1.29 is 9.90 Å². The molecule has 0 aliphatic heterocycles. The van der Waals surface area contributed by atoms with Gasteiger partial charge in [0.15, 0.2) is 0 Å². The average molecular weight is 308 g/mol. The Morgan fingerprint density at radius 3 is 2.96 bits per heavy atom. The quantitative estimate of drug-likeness (QED) is 0.830. The molecule has 0 spiro atoms. The molecule has 4 aliphatic carbocycles. The smallest absolute Gasteiger partial charge is 0.143 e. The van der Waals surface area contributed by atoms with E-state index in [9.17, 15) is 9.90 Å². The fourth-order valence-corrected chi connectivity index (χ4v) is 6.61. The average Bonchev–Trinajstić information content (AvgIpc) is 3.29. The van der Waals surface area contributed by atoms with Gasteiger partial charge in [0.05, 0.1) is 0 Å². The van der Waals surface area contributed by atoms with Crippen molar-refractivity contribution in [2.45, 2.75) is 44.4 Å². The van der Waals surface area contributed by atoms with E-state index in [1.54, 1.807) is 0 Å². The summed E-state index contributed by atoms with van der Waals surface area (Å²) in [5, 5.41) is 9.77. The largest absolute Gasteiger partial charge is 0.508 e. The lowest BCUT2D eigenvalue weighted by Crippen LogP contribution is -2.46. The van der Waals surface area contributed by atoms with Crippen LogP contribution in [0.1, 0.15) is 49.1 Å². The first-order valence-corrected chi connectivity index (χ1v) is 9.13. The zero-order valence-corrected chi connectivity index (χ0v) is 13.5. The normalized spacial score (nSPS) is 43.1. The summed E-state index contributed by atoms with van der Waals surface area (Å²) in [7, 11) is 0. The number of hydrogen-bond donors (Lipinski definition) is 1. The van der Waals surface area contributed by atoms with E-state index in [0.29, 0.717) is 41.1 Å². The monoisotopic (exact) mass is 308 g/mol. The van der Waals surface area contributed by atoms with E-state index >= 15 is 0 Å². The SMILES string of the molecule is C=CC[C@]12CCC3c4ccc(O)cc4CCC3C1[C@@H]1C[C@@H]1C2=O. The van der Waals surface area contributed by atoms with Gasteiger partial charge in [0.2, 0.25) is 0 Å². The second kappa shape index (κ2) is 4.49. The number of phenolic OH excluding ortho intramolecular Hbond substituents is 1. The van der Waals surface area contributed by atoms with Crippen LogP contribution in [0.5, 0.6) is 5.75 Å². The summed E-state index contributed by atoms with van der Waals surface area (Å²) in [6.07, 6.45) is 8.42. The number of phenols is 1. The third kappa shape index (κ3) is 1.67. The Hall–Kier alpha value is -1.57. The van der Waals surface area contributed by atoms with Crippen LogP contribution in [0.2, 0.25) is 0 Å². The van der Waals surface area contributed by atoms with Crippen molar-refractivity contribution in [1.82, 2.24) is 0 Å². The number of ketones is 1. The number of Topliss-reactive ketones (excluding diaryl/α,β-unsaturated/α-hetero) is 1. The number of allylic oxidation sites excluding steroid dienone is 1. The molecule has 2 heteroatoms. The minimum atomic E-state index is -0.0784. The van der Waals surface area contributed by atoms with Crippen LogP contribution in [-0.4, -0.2) is 10.9 Å². The van der Waals surface area contributed by atoms with Crippen LogP contribution in [0.4, 0.5) is 0 Å². The van der Waals surface area contributed by atoms with Gasteiger partial charge in [-0.3, -0.25) is 4.79 Å². The van der Waals surface area contributed by atoms with Crippen LogP contribution in [0.3, 0.4) is 0 Å². The van der Waals surface area contributed by atoms with Crippen LogP contribution >= 0.6 is 0 Å². The van der Waals surface area contributed by atoms with Crippen molar-refractivity contribution in [1.29, 1.82) is 0 Å².